The molecule has 0 bridgehead atoms. The normalized spacial score (nSPS) is 11.5. The minimum absolute atomic E-state index is 0.0928. The van der Waals surface area contributed by atoms with Gasteiger partial charge in [-0.3, -0.25) is 4.72 Å². The van der Waals surface area contributed by atoms with Crippen LogP contribution in [0.4, 0.5) is 5.69 Å². The van der Waals surface area contributed by atoms with Gasteiger partial charge in [-0.15, -0.1) is 0 Å². The molecule has 0 spiro atoms. The molecule has 0 aliphatic carbocycles. The van der Waals surface area contributed by atoms with Crippen LogP contribution >= 0.6 is 50.7 Å². The number of anilines is 1. The maximum Gasteiger partial charge on any atom is 0.263 e. The lowest BCUT2D eigenvalue weighted by Gasteiger charge is -2.13. The minimum Gasteiger partial charge on any atom is -0.277 e. The average molecular weight is 430 g/mol. The predicted molar refractivity (Wildman–Crippen MR) is 91.2 cm³/mol. The van der Waals surface area contributed by atoms with E-state index in [2.05, 4.69) is 20.7 Å². The molecule has 0 aliphatic heterocycles. The van der Waals surface area contributed by atoms with Crippen molar-refractivity contribution < 1.29 is 8.42 Å². The van der Waals surface area contributed by atoms with Crippen LogP contribution in [0.2, 0.25) is 15.1 Å². The standard InChI is InChI=1S/C13H9BrCl3NO2S/c1-7-2-3-12(9(14)4-7)21(19,20)18-13-10(16)5-8(15)6-11(13)17/h2-6,18H,1H3. The van der Waals surface area contributed by atoms with Crippen molar-refractivity contribution in [2.24, 2.45) is 0 Å². The molecule has 112 valence electrons. The number of nitrogens with one attached hydrogen (secondary N) is 1. The van der Waals surface area contributed by atoms with Gasteiger partial charge in [-0.2, -0.15) is 0 Å². The van der Waals surface area contributed by atoms with Gasteiger partial charge >= 0.3 is 0 Å². The summed E-state index contributed by atoms with van der Waals surface area (Å²) < 4.78 is 27.7. The highest BCUT2D eigenvalue weighted by Crippen LogP contribution is 2.36. The zero-order chi connectivity index (χ0) is 15.8. The molecular weight excluding hydrogens is 420 g/mol. The van der Waals surface area contributed by atoms with Gasteiger partial charge < -0.3 is 0 Å². The molecule has 8 heteroatoms. The third kappa shape index (κ3) is 3.85. The first kappa shape index (κ1) is 16.9. The lowest BCUT2D eigenvalue weighted by Crippen LogP contribution is -2.14. The van der Waals surface area contributed by atoms with E-state index in [-0.39, 0.29) is 20.6 Å². The number of hydrogen-bond donors (Lipinski definition) is 1. The van der Waals surface area contributed by atoms with E-state index in [0.717, 1.165) is 5.56 Å². The Morgan fingerprint density at radius 2 is 1.62 bits per heavy atom. The Kier molecular flexibility index (Phi) is 5.11. The van der Waals surface area contributed by atoms with Crippen molar-refractivity contribution in [2.45, 2.75) is 11.8 Å². The largest absolute Gasteiger partial charge is 0.277 e. The average Bonchev–Trinajstić information content (AvgIpc) is 2.33. The number of hydrogen-bond acceptors (Lipinski definition) is 2. The van der Waals surface area contributed by atoms with Gasteiger partial charge in [0.25, 0.3) is 10.0 Å². The summed E-state index contributed by atoms with van der Waals surface area (Å²) >= 11 is 21.0. The summed E-state index contributed by atoms with van der Waals surface area (Å²) in [5, 5.41) is 0.572. The van der Waals surface area contributed by atoms with Crippen LogP contribution in [-0.4, -0.2) is 8.42 Å². The van der Waals surface area contributed by atoms with Gasteiger partial charge in [0.15, 0.2) is 0 Å². The van der Waals surface area contributed by atoms with Crippen molar-refractivity contribution in [2.75, 3.05) is 4.72 Å². The van der Waals surface area contributed by atoms with E-state index in [1.54, 1.807) is 12.1 Å². The van der Waals surface area contributed by atoms with E-state index < -0.39 is 10.0 Å². The van der Waals surface area contributed by atoms with Crippen LogP contribution in [0.5, 0.6) is 0 Å². The van der Waals surface area contributed by atoms with Crippen molar-refractivity contribution in [1.29, 1.82) is 0 Å². The molecule has 3 nitrogen and oxygen atoms in total. The molecule has 0 saturated heterocycles. The molecule has 2 rings (SSSR count). The first-order valence-electron chi connectivity index (χ1n) is 5.64. The number of benzene rings is 2. The summed E-state index contributed by atoms with van der Waals surface area (Å²) in [6.07, 6.45) is 0. The third-order valence-electron chi connectivity index (χ3n) is 2.62. The van der Waals surface area contributed by atoms with Gasteiger partial charge in [-0.1, -0.05) is 40.9 Å². The van der Waals surface area contributed by atoms with Crippen molar-refractivity contribution in [3.05, 3.63) is 55.4 Å². The fourth-order valence-corrected chi connectivity index (χ4v) is 4.97. The smallest absolute Gasteiger partial charge is 0.263 e. The summed E-state index contributed by atoms with van der Waals surface area (Å²) in [6, 6.07) is 7.73. The first-order chi connectivity index (χ1) is 9.70. The minimum atomic E-state index is -3.83. The van der Waals surface area contributed by atoms with Crippen LogP contribution in [0.3, 0.4) is 0 Å². The summed E-state index contributed by atoms with van der Waals surface area (Å²) in [5.74, 6) is 0. The Bertz CT molecular complexity index is 786. The fourth-order valence-electron chi connectivity index (χ4n) is 1.65. The van der Waals surface area contributed by atoms with E-state index in [4.69, 9.17) is 34.8 Å². The maximum atomic E-state index is 12.4. The fraction of sp³-hybridized carbons (Fsp3) is 0.0769. The van der Waals surface area contributed by atoms with Crippen molar-refractivity contribution >= 4 is 66.4 Å². The van der Waals surface area contributed by atoms with E-state index >= 15 is 0 Å². The highest BCUT2D eigenvalue weighted by molar-refractivity contribution is 9.10. The maximum absolute atomic E-state index is 12.4. The van der Waals surface area contributed by atoms with E-state index in [0.29, 0.717) is 9.50 Å². The highest BCUT2D eigenvalue weighted by Gasteiger charge is 2.20. The molecule has 21 heavy (non-hydrogen) atoms. The molecule has 0 unspecified atom stereocenters. The molecule has 0 atom stereocenters. The molecule has 0 fully saturated rings. The second kappa shape index (κ2) is 6.34. The molecule has 0 aliphatic rings. The molecule has 2 aromatic carbocycles. The number of aryl methyl sites for hydroxylation is 1. The zero-order valence-corrected chi connectivity index (χ0v) is 15.3. The monoisotopic (exact) mass is 427 g/mol. The number of rotatable bonds is 3. The lowest BCUT2D eigenvalue weighted by atomic mass is 10.2. The molecule has 2 aromatic rings. The van der Waals surface area contributed by atoms with Gasteiger partial charge in [0.1, 0.15) is 4.90 Å². The van der Waals surface area contributed by atoms with Crippen LogP contribution in [0.25, 0.3) is 0 Å². The second-order valence-electron chi connectivity index (χ2n) is 4.28. The van der Waals surface area contributed by atoms with Gasteiger partial charge in [0, 0.05) is 9.50 Å². The van der Waals surface area contributed by atoms with Crippen LogP contribution in [0, 0.1) is 6.92 Å². The van der Waals surface area contributed by atoms with Gasteiger partial charge in [-0.25, -0.2) is 8.42 Å². The summed E-state index contributed by atoms with van der Waals surface area (Å²) in [7, 11) is -3.83. The van der Waals surface area contributed by atoms with E-state index in [1.807, 2.05) is 6.92 Å². The third-order valence-corrected chi connectivity index (χ3v) is 5.76. The molecule has 0 radical (unpaired) electrons. The van der Waals surface area contributed by atoms with E-state index in [9.17, 15) is 8.42 Å². The zero-order valence-electron chi connectivity index (χ0n) is 10.6. The molecule has 0 amide bonds. The molecular formula is C13H9BrCl3NO2S. The first-order valence-corrected chi connectivity index (χ1v) is 9.05. The molecule has 1 N–H and O–H groups in total. The number of sulfonamides is 1. The van der Waals surface area contributed by atoms with E-state index in [1.165, 1.54) is 18.2 Å². The Morgan fingerprint density at radius 3 is 2.14 bits per heavy atom. The Labute approximate surface area is 146 Å². The van der Waals surface area contributed by atoms with Crippen LogP contribution in [0.15, 0.2) is 39.7 Å². The Balaban J connectivity index is 2.47. The van der Waals surface area contributed by atoms with Crippen LogP contribution in [-0.2, 0) is 10.0 Å². The molecule has 0 heterocycles. The predicted octanol–water partition coefficient (Wildman–Crippen LogP) is 5.52. The Hall–Kier alpha value is -0.460. The summed E-state index contributed by atoms with van der Waals surface area (Å²) in [6.45, 7) is 1.86. The molecule has 0 saturated carbocycles. The quantitative estimate of drug-likeness (QED) is 0.698. The highest BCUT2D eigenvalue weighted by atomic mass is 79.9. The van der Waals surface area contributed by atoms with Crippen molar-refractivity contribution in [3.63, 3.8) is 0 Å². The second-order valence-corrected chi connectivity index (χ2v) is 8.04. The Morgan fingerprint density at radius 1 is 1.05 bits per heavy atom. The SMILES string of the molecule is Cc1ccc(S(=O)(=O)Nc2c(Cl)cc(Cl)cc2Cl)c(Br)c1. The summed E-state index contributed by atoms with van der Waals surface area (Å²) in [5.41, 5.74) is 1.03. The summed E-state index contributed by atoms with van der Waals surface area (Å²) in [4.78, 5) is 0.0928. The van der Waals surface area contributed by atoms with Gasteiger partial charge in [0.05, 0.1) is 15.7 Å². The topological polar surface area (TPSA) is 46.2 Å². The van der Waals surface area contributed by atoms with Crippen molar-refractivity contribution in [1.82, 2.24) is 0 Å². The molecule has 0 aromatic heterocycles. The van der Waals surface area contributed by atoms with Crippen molar-refractivity contribution in [3.8, 4) is 0 Å². The van der Waals surface area contributed by atoms with Gasteiger partial charge in [-0.05, 0) is 52.7 Å². The lowest BCUT2D eigenvalue weighted by molar-refractivity contribution is 0.600. The van der Waals surface area contributed by atoms with Crippen LogP contribution < -0.4 is 4.72 Å². The van der Waals surface area contributed by atoms with Gasteiger partial charge in [0.2, 0.25) is 0 Å². The number of halogens is 4. The van der Waals surface area contributed by atoms with Crippen LogP contribution in [0.1, 0.15) is 5.56 Å².